The second-order valence-electron chi connectivity index (χ2n) is 6.42. The molecule has 2 amide bonds. The van der Waals surface area contributed by atoms with E-state index >= 15 is 0 Å². The highest BCUT2D eigenvalue weighted by atomic mass is 32.2. The molecule has 6 nitrogen and oxygen atoms in total. The second-order valence-corrected chi connectivity index (χ2v) is 9.15. The molecular weight excluding hydrogens is 384 g/mol. The number of ether oxygens (including phenoxy) is 2. The van der Waals surface area contributed by atoms with Crippen molar-refractivity contribution in [2.75, 3.05) is 51.5 Å². The van der Waals surface area contributed by atoms with E-state index in [4.69, 9.17) is 9.47 Å². The third kappa shape index (κ3) is 5.56. The van der Waals surface area contributed by atoms with Crippen LogP contribution in [-0.2, 0) is 16.0 Å². The predicted molar refractivity (Wildman–Crippen MR) is 110 cm³/mol. The first-order valence-corrected chi connectivity index (χ1v) is 11.3. The van der Waals surface area contributed by atoms with Crippen molar-refractivity contribution in [1.82, 2.24) is 10.2 Å². The molecule has 2 heterocycles. The quantitative estimate of drug-likeness (QED) is 0.707. The minimum atomic E-state index is -0.120. The Kier molecular flexibility index (Phi) is 7.72. The normalized spacial score (nSPS) is 16.5. The number of carbonyl (C=O) groups is 2. The molecule has 0 saturated carbocycles. The van der Waals surface area contributed by atoms with Gasteiger partial charge < -0.3 is 19.7 Å². The first-order valence-electron chi connectivity index (χ1n) is 9.24. The second kappa shape index (κ2) is 10.2. The molecular formula is C19H26N2O4S2. The molecule has 148 valence electrons. The number of nitrogens with one attached hydrogen (secondary N) is 1. The van der Waals surface area contributed by atoms with Gasteiger partial charge in [-0.15, -0.1) is 23.5 Å². The van der Waals surface area contributed by atoms with Crippen LogP contribution in [0.15, 0.2) is 18.2 Å². The van der Waals surface area contributed by atoms with Crippen LogP contribution in [-0.4, -0.2) is 72.8 Å². The maximum Gasteiger partial charge on any atom is 0.251 e. The third-order valence-electron chi connectivity index (χ3n) is 4.52. The third-order valence-corrected chi connectivity index (χ3v) is 7.40. The predicted octanol–water partition coefficient (Wildman–Crippen LogP) is 2.02. The summed E-state index contributed by atoms with van der Waals surface area (Å²) >= 11 is 3.43. The average Bonchev–Trinajstić information content (AvgIpc) is 3.18. The van der Waals surface area contributed by atoms with Crippen LogP contribution in [0.4, 0.5) is 0 Å². The smallest absolute Gasteiger partial charge is 0.251 e. The zero-order chi connectivity index (χ0) is 19.1. The van der Waals surface area contributed by atoms with Crippen LogP contribution in [0.1, 0.15) is 22.3 Å². The molecule has 1 fully saturated rings. The summed E-state index contributed by atoms with van der Waals surface area (Å²) in [6.07, 6.45) is 1.99. The van der Waals surface area contributed by atoms with Crippen molar-refractivity contribution in [3.63, 3.8) is 0 Å². The summed E-state index contributed by atoms with van der Waals surface area (Å²) in [4.78, 5) is 27.0. The van der Waals surface area contributed by atoms with E-state index in [-0.39, 0.29) is 16.4 Å². The molecule has 2 aliphatic heterocycles. The van der Waals surface area contributed by atoms with Gasteiger partial charge in [0.1, 0.15) is 10.3 Å². The molecule has 0 aliphatic carbocycles. The zero-order valence-corrected chi connectivity index (χ0v) is 17.2. The molecule has 1 aromatic carbocycles. The highest BCUT2D eigenvalue weighted by Gasteiger charge is 2.27. The van der Waals surface area contributed by atoms with Crippen LogP contribution >= 0.6 is 23.5 Å². The summed E-state index contributed by atoms with van der Waals surface area (Å²) in [7, 11) is 1.63. The molecule has 0 aromatic heterocycles. The Balaban J connectivity index is 1.51. The van der Waals surface area contributed by atoms with Gasteiger partial charge >= 0.3 is 0 Å². The van der Waals surface area contributed by atoms with E-state index in [0.717, 1.165) is 35.7 Å². The fraction of sp³-hybridized carbons (Fsp3) is 0.579. The molecule has 0 atom stereocenters. The van der Waals surface area contributed by atoms with E-state index in [1.165, 1.54) is 0 Å². The highest BCUT2D eigenvalue weighted by molar-refractivity contribution is 8.18. The number of carbonyl (C=O) groups excluding carboxylic acids is 2. The van der Waals surface area contributed by atoms with Crippen molar-refractivity contribution in [2.45, 2.75) is 17.4 Å². The molecule has 0 radical (unpaired) electrons. The number of rotatable bonds is 8. The Hall–Kier alpha value is -1.38. The van der Waals surface area contributed by atoms with Gasteiger partial charge in [0.2, 0.25) is 5.91 Å². The summed E-state index contributed by atoms with van der Waals surface area (Å²) in [6, 6.07) is 5.52. The molecule has 1 N–H and O–H groups in total. The van der Waals surface area contributed by atoms with Crippen molar-refractivity contribution in [3.05, 3.63) is 29.3 Å². The lowest BCUT2D eigenvalue weighted by atomic mass is 10.1. The molecule has 3 rings (SSSR count). The average molecular weight is 411 g/mol. The minimum absolute atomic E-state index is 0.0389. The van der Waals surface area contributed by atoms with Crippen molar-refractivity contribution < 1.29 is 19.1 Å². The summed E-state index contributed by atoms with van der Waals surface area (Å²) in [5.74, 6) is 2.93. The first-order chi connectivity index (χ1) is 13.2. The molecule has 0 unspecified atom stereocenters. The van der Waals surface area contributed by atoms with Gasteiger partial charge in [0.25, 0.3) is 5.91 Å². The lowest BCUT2D eigenvalue weighted by molar-refractivity contribution is -0.129. The number of hydrogen-bond donors (Lipinski definition) is 1. The number of methoxy groups -OCH3 is 1. The SMILES string of the molecule is COCCN(CCNC(=O)c1ccc2c(c1)CCO2)C(=O)C1SCCCS1. The van der Waals surface area contributed by atoms with Crippen LogP contribution in [0.25, 0.3) is 0 Å². The minimum Gasteiger partial charge on any atom is -0.493 e. The number of nitrogens with zero attached hydrogens (tertiary/aromatic N) is 1. The maximum atomic E-state index is 12.8. The standard InChI is InChI=1S/C19H26N2O4S2/c1-24-10-8-21(18(23)19-26-11-2-12-27-19)7-6-20-17(22)15-3-4-16-14(13-15)5-9-25-16/h3-4,13,19H,2,5-12H2,1H3,(H,20,22). The number of fused-ring (bicyclic) bond motifs is 1. The van der Waals surface area contributed by atoms with E-state index in [0.29, 0.717) is 38.4 Å². The zero-order valence-electron chi connectivity index (χ0n) is 15.6. The van der Waals surface area contributed by atoms with E-state index in [1.807, 2.05) is 12.1 Å². The number of benzene rings is 1. The van der Waals surface area contributed by atoms with Crippen LogP contribution in [0, 0.1) is 0 Å². The van der Waals surface area contributed by atoms with Gasteiger partial charge in [0.05, 0.1) is 13.2 Å². The Morgan fingerprint density at radius 1 is 1.30 bits per heavy atom. The Morgan fingerprint density at radius 2 is 2.11 bits per heavy atom. The van der Waals surface area contributed by atoms with Crippen molar-refractivity contribution >= 4 is 35.3 Å². The van der Waals surface area contributed by atoms with E-state index in [2.05, 4.69) is 5.32 Å². The van der Waals surface area contributed by atoms with Crippen molar-refractivity contribution in [1.29, 1.82) is 0 Å². The van der Waals surface area contributed by atoms with Gasteiger partial charge in [-0.3, -0.25) is 9.59 Å². The fourth-order valence-electron chi connectivity index (χ4n) is 3.05. The van der Waals surface area contributed by atoms with Crippen molar-refractivity contribution in [3.8, 4) is 5.75 Å². The van der Waals surface area contributed by atoms with Gasteiger partial charge in [0, 0.05) is 38.7 Å². The van der Waals surface area contributed by atoms with E-state index in [9.17, 15) is 9.59 Å². The number of hydrogen-bond acceptors (Lipinski definition) is 6. The molecule has 1 saturated heterocycles. The topological polar surface area (TPSA) is 67.9 Å². The number of amides is 2. The lowest BCUT2D eigenvalue weighted by Gasteiger charge is -2.28. The molecule has 1 aromatic rings. The van der Waals surface area contributed by atoms with Crippen LogP contribution in [0.5, 0.6) is 5.75 Å². The Morgan fingerprint density at radius 3 is 2.89 bits per heavy atom. The van der Waals surface area contributed by atoms with Crippen LogP contribution in [0.3, 0.4) is 0 Å². The summed E-state index contributed by atoms with van der Waals surface area (Å²) in [5, 5.41) is 2.93. The molecule has 0 bridgehead atoms. The van der Waals surface area contributed by atoms with Crippen LogP contribution in [0.2, 0.25) is 0 Å². The van der Waals surface area contributed by atoms with Gasteiger partial charge in [-0.05, 0) is 41.7 Å². The van der Waals surface area contributed by atoms with Gasteiger partial charge in [-0.1, -0.05) is 0 Å². The van der Waals surface area contributed by atoms with Gasteiger partial charge in [0.15, 0.2) is 0 Å². The largest absolute Gasteiger partial charge is 0.493 e. The van der Waals surface area contributed by atoms with Crippen molar-refractivity contribution in [2.24, 2.45) is 0 Å². The Bertz CT molecular complexity index is 665. The molecule has 27 heavy (non-hydrogen) atoms. The molecule has 8 heteroatoms. The highest BCUT2D eigenvalue weighted by Crippen LogP contribution is 2.31. The van der Waals surface area contributed by atoms with Gasteiger partial charge in [-0.2, -0.15) is 0 Å². The summed E-state index contributed by atoms with van der Waals surface area (Å²) in [6.45, 7) is 2.61. The summed E-state index contributed by atoms with van der Waals surface area (Å²) in [5.41, 5.74) is 1.71. The summed E-state index contributed by atoms with van der Waals surface area (Å²) < 4.78 is 10.6. The van der Waals surface area contributed by atoms with Gasteiger partial charge in [-0.25, -0.2) is 0 Å². The first kappa shape index (κ1) is 20.4. The molecule has 2 aliphatic rings. The van der Waals surface area contributed by atoms with Crippen LogP contribution < -0.4 is 10.1 Å². The maximum absolute atomic E-state index is 12.8. The Labute approximate surface area is 168 Å². The monoisotopic (exact) mass is 410 g/mol. The molecule has 0 spiro atoms. The number of thioether (sulfide) groups is 2. The fourth-order valence-corrected chi connectivity index (χ4v) is 5.83. The lowest BCUT2D eigenvalue weighted by Crippen LogP contribution is -2.43. The van der Waals surface area contributed by atoms with E-state index < -0.39 is 0 Å². The van der Waals surface area contributed by atoms with E-state index in [1.54, 1.807) is 41.6 Å².